The maximum atomic E-state index is 13.1. The first-order valence-electron chi connectivity index (χ1n) is 10.8. The topological polar surface area (TPSA) is 92.8 Å². The van der Waals surface area contributed by atoms with Crippen molar-refractivity contribution in [1.29, 1.82) is 0 Å². The number of esters is 1. The molecular formula is C23H26Cl2N2O5S. The Hall–Kier alpha value is -2.13. The number of anilines is 1. The van der Waals surface area contributed by atoms with E-state index in [1.54, 1.807) is 24.3 Å². The van der Waals surface area contributed by atoms with Crippen molar-refractivity contribution in [2.75, 3.05) is 25.0 Å². The molecule has 0 spiro atoms. The zero-order valence-electron chi connectivity index (χ0n) is 18.2. The molecule has 0 aliphatic carbocycles. The quantitative estimate of drug-likeness (QED) is 0.397. The lowest BCUT2D eigenvalue weighted by molar-refractivity contribution is -0.120. The van der Waals surface area contributed by atoms with Crippen molar-refractivity contribution in [3.63, 3.8) is 0 Å². The highest BCUT2D eigenvalue weighted by atomic mass is 35.5. The van der Waals surface area contributed by atoms with Crippen LogP contribution in [0.25, 0.3) is 0 Å². The fourth-order valence-electron chi connectivity index (χ4n) is 3.52. The molecule has 1 fully saturated rings. The van der Waals surface area contributed by atoms with Gasteiger partial charge in [0.1, 0.15) is 4.90 Å². The number of unbranched alkanes of at least 4 members (excludes halogenated alkanes) is 1. The molecule has 2 aromatic rings. The third kappa shape index (κ3) is 6.47. The van der Waals surface area contributed by atoms with Crippen molar-refractivity contribution in [2.24, 2.45) is 5.92 Å². The molecule has 1 atom stereocenters. The predicted molar refractivity (Wildman–Crippen MR) is 128 cm³/mol. The number of carbonyl (C=O) groups excluding carboxylic acids is 2. The number of hydrogen-bond donors (Lipinski definition) is 1. The van der Waals surface area contributed by atoms with Crippen LogP contribution in [-0.2, 0) is 19.6 Å². The van der Waals surface area contributed by atoms with Gasteiger partial charge in [-0.25, -0.2) is 13.2 Å². The van der Waals surface area contributed by atoms with Gasteiger partial charge in [-0.3, -0.25) is 4.79 Å². The maximum Gasteiger partial charge on any atom is 0.338 e. The Morgan fingerprint density at radius 2 is 1.88 bits per heavy atom. The van der Waals surface area contributed by atoms with Gasteiger partial charge in [0.2, 0.25) is 15.9 Å². The highest BCUT2D eigenvalue weighted by Gasteiger charge is 2.34. The number of ether oxygens (including phenoxy) is 1. The van der Waals surface area contributed by atoms with E-state index in [0.717, 1.165) is 12.8 Å². The first-order chi connectivity index (χ1) is 15.7. The fourth-order valence-corrected chi connectivity index (χ4v) is 5.78. The van der Waals surface area contributed by atoms with Crippen LogP contribution >= 0.6 is 23.2 Å². The van der Waals surface area contributed by atoms with Crippen LogP contribution in [-0.4, -0.2) is 44.3 Å². The minimum atomic E-state index is -3.89. The molecule has 1 saturated heterocycles. The summed E-state index contributed by atoms with van der Waals surface area (Å²) in [6.45, 7) is 2.72. The zero-order valence-corrected chi connectivity index (χ0v) is 20.5. The molecule has 33 heavy (non-hydrogen) atoms. The van der Waals surface area contributed by atoms with Crippen molar-refractivity contribution in [1.82, 2.24) is 4.31 Å². The van der Waals surface area contributed by atoms with Crippen molar-refractivity contribution in [3.05, 3.63) is 58.1 Å². The van der Waals surface area contributed by atoms with E-state index in [-0.39, 0.29) is 27.4 Å². The van der Waals surface area contributed by atoms with Crippen molar-refractivity contribution < 1.29 is 22.7 Å². The van der Waals surface area contributed by atoms with Gasteiger partial charge in [0.05, 0.1) is 23.1 Å². The molecule has 10 heteroatoms. The summed E-state index contributed by atoms with van der Waals surface area (Å²) in [5.74, 6) is -1.22. The molecule has 7 nitrogen and oxygen atoms in total. The number of nitrogens with one attached hydrogen (secondary N) is 1. The molecule has 1 aliphatic rings. The number of benzene rings is 2. The summed E-state index contributed by atoms with van der Waals surface area (Å²) in [6, 6.07) is 10.7. The Balaban J connectivity index is 1.64. The highest BCUT2D eigenvalue weighted by Crippen LogP contribution is 2.30. The molecule has 0 unspecified atom stereocenters. The molecule has 3 rings (SSSR count). The third-order valence-electron chi connectivity index (χ3n) is 5.39. The van der Waals surface area contributed by atoms with E-state index in [1.807, 2.05) is 6.92 Å². The van der Waals surface area contributed by atoms with E-state index in [1.165, 1.54) is 22.5 Å². The number of sulfonamides is 1. The molecule has 178 valence electrons. The summed E-state index contributed by atoms with van der Waals surface area (Å²) in [6.07, 6.45) is 2.84. The Bertz CT molecular complexity index is 1110. The van der Waals surface area contributed by atoms with E-state index < -0.39 is 21.9 Å². The molecule has 0 aromatic heterocycles. The van der Waals surface area contributed by atoms with Gasteiger partial charge in [-0.1, -0.05) is 36.5 Å². The molecule has 0 saturated carbocycles. The van der Waals surface area contributed by atoms with Crippen LogP contribution in [0.15, 0.2) is 47.4 Å². The SMILES string of the molecule is CCCCOC(=O)c1ccc(NC(=O)[C@H]2CCCN(S(=O)(=O)c3cc(Cl)ccc3Cl)C2)cc1. The molecule has 1 N–H and O–H groups in total. The molecule has 0 bridgehead atoms. The molecule has 1 heterocycles. The molecule has 1 aliphatic heterocycles. The summed E-state index contributed by atoms with van der Waals surface area (Å²) in [5, 5.41) is 3.15. The monoisotopic (exact) mass is 512 g/mol. The van der Waals surface area contributed by atoms with Crippen molar-refractivity contribution >= 4 is 50.8 Å². The second kappa shape index (κ2) is 11.3. The predicted octanol–water partition coefficient (Wildman–Crippen LogP) is 4.99. The first kappa shape index (κ1) is 25.5. The van der Waals surface area contributed by atoms with Crippen LogP contribution in [0.4, 0.5) is 5.69 Å². The van der Waals surface area contributed by atoms with Gasteiger partial charge in [-0.05, 0) is 61.7 Å². The van der Waals surface area contributed by atoms with Crippen LogP contribution in [0.5, 0.6) is 0 Å². The van der Waals surface area contributed by atoms with Crippen LogP contribution < -0.4 is 5.32 Å². The van der Waals surface area contributed by atoms with E-state index in [9.17, 15) is 18.0 Å². The smallest absolute Gasteiger partial charge is 0.338 e. The van der Waals surface area contributed by atoms with Gasteiger partial charge in [-0.15, -0.1) is 0 Å². The van der Waals surface area contributed by atoms with E-state index in [2.05, 4.69) is 5.32 Å². The van der Waals surface area contributed by atoms with E-state index in [4.69, 9.17) is 27.9 Å². The average molecular weight is 513 g/mol. The third-order valence-corrected chi connectivity index (χ3v) is 7.97. The summed E-state index contributed by atoms with van der Waals surface area (Å²) >= 11 is 12.1. The highest BCUT2D eigenvalue weighted by molar-refractivity contribution is 7.89. The molecule has 1 amide bonds. The lowest BCUT2D eigenvalue weighted by atomic mass is 9.98. The van der Waals surface area contributed by atoms with Crippen molar-refractivity contribution in [2.45, 2.75) is 37.5 Å². The Morgan fingerprint density at radius 1 is 1.15 bits per heavy atom. The molecule has 0 radical (unpaired) electrons. The van der Waals surface area contributed by atoms with Crippen LogP contribution in [0, 0.1) is 5.92 Å². The minimum absolute atomic E-state index is 0.0405. The maximum absolute atomic E-state index is 13.1. The van der Waals surface area contributed by atoms with E-state index in [0.29, 0.717) is 37.2 Å². The van der Waals surface area contributed by atoms with Gasteiger partial charge >= 0.3 is 5.97 Å². The van der Waals surface area contributed by atoms with Crippen LogP contribution in [0.3, 0.4) is 0 Å². The molecular weight excluding hydrogens is 487 g/mol. The fraction of sp³-hybridized carbons (Fsp3) is 0.391. The Morgan fingerprint density at radius 3 is 2.58 bits per heavy atom. The number of nitrogens with zero attached hydrogens (tertiary/aromatic N) is 1. The average Bonchev–Trinajstić information content (AvgIpc) is 2.81. The van der Waals surface area contributed by atoms with E-state index >= 15 is 0 Å². The Kier molecular flexibility index (Phi) is 8.75. The summed E-state index contributed by atoms with van der Waals surface area (Å²) in [7, 11) is -3.89. The number of hydrogen-bond acceptors (Lipinski definition) is 5. The van der Waals surface area contributed by atoms with Crippen LogP contribution in [0.1, 0.15) is 43.0 Å². The number of halogens is 2. The second-order valence-corrected chi connectivity index (χ2v) is 10.6. The normalized spacial score (nSPS) is 16.9. The van der Waals surface area contributed by atoms with Crippen LogP contribution in [0.2, 0.25) is 10.0 Å². The Labute approximate surface area is 204 Å². The minimum Gasteiger partial charge on any atom is -0.462 e. The summed E-state index contributed by atoms with van der Waals surface area (Å²) < 4.78 is 32.6. The summed E-state index contributed by atoms with van der Waals surface area (Å²) in [4.78, 5) is 24.8. The number of amides is 1. The zero-order chi connectivity index (χ0) is 24.0. The lowest BCUT2D eigenvalue weighted by Crippen LogP contribution is -2.43. The van der Waals surface area contributed by atoms with Crippen molar-refractivity contribution in [3.8, 4) is 0 Å². The molecule has 2 aromatic carbocycles. The summed E-state index contributed by atoms with van der Waals surface area (Å²) in [5.41, 5.74) is 0.917. The first-order valence-corrected chi connectivity index (χ1v) is 12.9. The van der Waals surface area contributed by atoms with Gasteiger partial charge < -0.3 is 10.1 Å². The number of carbonyl (C=O) groups is 2. The van der Waals surface area contributed by atoms with Gasteiger partial charge in [-0.2, -0.15) is 4.31 Å². The largest absolute Gasteiger partial charge is 0.462 e. The number of piperidine rings is 1. The second-order valence-electron chi connectivity index (χ2n) is 7.83. The van der Waals surface area contributed by atoms with Gasteiger partial charge in [0.25, 0.3) is 0 Å². The lowest BCUT2D eigenvalue weighted by Gasteiger charge is -2.31. The standard InChI is InChI=1S/C23H26Cl2N2O5S/c1-2-3-13-32-23(29)16-6-9-19(10-7-16)26-22(28)17-5-4-12-27(15-17)33(30,31)21-14-18(24)8-11-20(21)25/h6-11,14,17H,2-5,12-13,15H2,1H3,(H,26,28)/t17-/m0/s1. The number of rotatable bonds is 8. The van der Waals surface area contributed by atoms with Gasteiger partial charge in [0, 0.05) is 23.8 Å². The van der Waals surface area contributed by atoms with Gasteiger partial charge in [0.15, 0.2) is 0 Å².